The van der Waals surface area contributed by atoms with Crippen molar-refractivity contribution >= 4 is 11.8 Å². The Kier molecular flexibility index (Phi) is 23.5. The van der Waals surface area contributed by atoms with Gasteiger partial charge in [-0.3, -0.25) is 9.59 Å². The summed E-state index contributed by atoms with van der Waals surface area (Å²) in [6, 6.07) is -3.39. The van der Waals surface area contributed by atoms with Crippen molar-refractivity contribution in [1.29, 1.82) is 0 Å². The van der Waals surface area contributed by atoms with Gasteiger partial charge < -0.3 is 169 Å². The molecule has 7 rings (SSSR count). The van der Waals surface area contributed by atoms with Gasteiger partial charge in [0, 0.05) is 13.8 Å². The molecule has 35 atom stereocenters. The molecule has 2 amide bonds. The number of carbonyl (C=O) groups excluding carboxylic acids is 2. The quantitative estimate of drug-likeness (QED) is 0.0571. The second kappa shape index (κ2) is 28.7. The molecule has 0 aliphatic carbocycles. The Balaban J connectivity index is 1.11. The summed E-state index contributed by atoms with van der Waals surface area (Å²) in [6.07, 6.45) is -62.0. The number of rotatable bonds is 19. The minimum absolute atomic E-state index is 0.758. The molecule has 36 nitrogen and oxygen atoms in total. The molecule has 7 aliphatic heterocycles. The number of aliphatic hydroxyl groups is 19. The van der Waals surface area contributed by atoms with E-state index in [0.29, 0.717) is 0 Å². The van der Waals surface area contributed by atoms with Gasteiger partial charge in [0.15, 0.2) is 44.0 Å². The summed E-state index contributed by atoms with van der Waals surface area (Å²) in [6.45, 7) is -0.209. The summed E-state index contributed by atoms with van der Waals surface area (Å²) >= 11 is 0. The van der Waals surface area contributed by atoms with E-state index in [4.69, 9.17) is 61.6 Å². The van der Waals surface area contributed by atoms with E-state index in [2.05, 4.69) is 10.6 Å². The lowest BCUT2D eigenvalue weighted by Gasteiger charge is -2.51. The fourth-order valence-corrected chi connectivity index (χ4v) is 10.7. The monoisotopic (exact) mass is 1200 g/mol. The maximum atomic E-state index is 12.7. The number of ether oxygens (including phenoxy) is 13. The largest absolute Gasteiger partial charge is 0.394 e. The van der Waals surface area contributed by atoms with Crippen LogP contribution in [0.15, 0.2) is 0 Å². The van der Waals surface area contributed by atoms with Crippen molar-refractivity contribution in [2.45, 2.75) is 243 Å². The first-order chi connectivity index (χ1) is 38.7. The summed E-state index contributed by atoms with van der Waals surface area (Å²) < 4.78 is 75.4. The second-order valence-corrected chi connectivity index (χ2v) is 21.0. The molecule has 0 bridgehead atoms. The summed E-state index contributed by atoms with van der Waals surface area (Å²) in [5.74, 6) is -1.61. The van der Waals surface area contributed by atoms with E-state index < -0.39 is 260 Å². The first kappa shape index (κ1) is 67.2. The maximum Gasteiger partial charge on any atom is 0.217 e. The van der Waals surface area contributed by atoms with Gasteiger partial charge in [-0.2, -0.15) is 0 Å². The Hall–Kier alpha value is -2.34. The number of aliphatic hydroxyl groups excluding tert-OH is 19. The van der Waals surface area contributed by atoms with E-state index in [1.54, 1.807) is 0 Å². The van der Waals surface area contributed by atoms with Gasteiger partial charge in [0.1, 0.15) is 159 Å². The van der Waals surface area contributed by atoms with Crippen LogP contribution in [0.1, 0.15) is 27.7 Å². The molecular weight excluding hydrogens is 1120 g/mol. The lowest BCUT2D eigenvalue weighted by atomic mass is 9.94. The molecule has 0 aromatic heterocycles. The summed E-state index contributed by atoms with van der Waals surface area (Å²) in [5, 5.41) is 211. The number of hydrogen-bond acceptors (Lipinski definition) is 34. The fourth-order valence-electron chi connectivity index (χ4n) is 10.7. The molecule has 7 saturated heterocycles. The van der Waals surface area contributed by atoms with Gasteiger partial charge in [0.2, 0.25) is 11.8 Å². The predicted octanol–water partition coefficient (Wildman–Crippen LogP) is -13.9. The van der Waals surface area contributed by atoms with Crippen molar-refractivity contribution in [1.82, 2.24) is 10.6 Å². The van der Waals surface area contributed by atoms with Gasteiger partial charge in [-0.1, -0.05) is 0 Å². The summed E-state index contributed by atoms with van der Waals surface area (Å²) in [4.78, 5) is 24.9. The van der Waals surface area contributed by atoms with Gasteiger partial charge >= 0.3 is 0 Å². The Labute approximate surface area is 465 Å². The minimum Gasteiger partial charge on any atom is -0.394 e. The zero-order valence-corrected chi connectivity index (χ0v) is 44.4. The van der Waals surface area contributed by atoms with E-state index in [9.17, 15) is 107 Å². The van der Waals surface area contributed by atoms with Crippen molar-refractivity contribution in [2.75, 3.05) is 33.0 Å². The van der Waals surface area contributed by atoms with Gasteiger partial charge in [0.05, 0.1) is 45.2 Å². The predicted molar refractivity (Wildman–Crippen MR) is 252 cm³/mol. The van der Waals surface area contributed by atoms with Crippen LogP contribution in [0.3, 0.4) is 0 Å². The smallest absolute Gasteiger partial charge is 0.217 e. The van der Waals surface area contributed by atoms with Crippen LogP contribution in [0.25, 0.3) is 0 Å². The summed E-state index contributed by atoms with van der Waals surface area (Å²) in [7, 11) is 0. The Morgan fingerprint density at radius 1 is 0.317 bits per heavy atom. The average molecular weight is 1200 g/mol. The van der Waals surface area contributed by atoms with E-state index >= 15 is 0 Å². The van der Waals surface area contributed by atoms with Crippen LogP contribution in [0.4, 0.5) is 0 Å². The van der Waals surface area contributed by atoms with Gasteiger partial charge in [-0.15, -0.1) is 0 Å². The molecule has 21 N–H and O–H groups in total. The van der Waals surface area contributed by atoms with E-state index in [1.165, 1.54) is 13.8 Å². The Morgan fingerprint density at radius 3 is 1.18 bits per heavy atom. The van der Waals surface area contributed by atoms with Crippen LogP contribution < -0.4 is 10.6 Å². The Bertz CT molecular complexity index is 2030. The highest BCUT2D eigenvalue weighted by molar-refractivity contribution is 5.73. The van der Waals surface area contributed by atoms with Crippen molar-refractivity contribution in [3.05, 3.63) is 0 Å². The van der Waals surface area contributed by atoms with Crippen LogP contribution in [-0.2, 0) is 71.2 Å². The molecule has 0 spiro atoms. The first-order valence-corrected chi connectivity index (χ1v) is 26.3. The zero-order chi connectivity index (χ0) is 60.5. The highest BCUT2D eigenvalue weighted by Gasteiger charge is 2.59. The third-order valence-electron chi connectivity index (χ3n) is 15.3. The highest BCUT2D eigenvalue weighted by atomic mass is 16.8. The molecule has 0 unspecified atom stereocenters. The number of amides is 2. The van der Waals surface area contributed by atoms with Crippen molar-refractivity contribution in [3.8, 4) is 0 Å². The average Bonchev–Trinajstić information content (AvgIpc) is 2.65. The zero-order valence-electron chi connectivity index (χ0n) is 44.4. The van der Waals surface area contributed by atoms with E-state index in [0.717, 1.165) is 13.8 Å². The molecule has 476 valence electrons. The fraction of sp³-hybridized carbons (Fsp3) is 0.957. The maximum absolute atomic E-state index is 12.7. The second-order valence-electron chi connectivity index (χ2n) is 21.0. The molecule has 36 heteroatoms. The third-order valence-corrected chi connectivity index (χ3v) is 15.3. The first-order valence-electron chi connectivity index (χ1n) is 26.3. The van der Waals surface area contributed by atoms with Crippen LogP contribution >= 0.6 is 0 Å². The van der Waals surface area contributed by atoms with Crippen LogP contribution in [0.5, 0.6) is 0 Å². The van der Waals surface area contributed by atoms with E-state index in [1.807, 2.05) is 0 Å². The number of carbonyl (C=O) groups is 2. The molecular formula is C46H78N2O34. The molecule has 7 fully saturated rings. The van der Waals surface area contributed by atoms with Crippen LogP contribution in [0.2, 0.25) is 0 Å². The molecule has 0 aromatic rings. The highest BCUT2D eigenvalue weighted by Crippen LogP contribution is 2.38. The lowest BCUT2D eigenvalue weighted by molar-refractivity contribution is -0.402. The Morgan fingerprint density at radius 2 is 0.646 bits per heavy atom. The number of hydrogen-bond donors (Lipinski definition) is 21. The van der Waals surface area contributed by atoms with Gasteiger partial charge in [-0.25, -0.2) is 0 Å². The topological polar surface area (TPSA) is 563 Å². The molecule has 0 saturated carbocycles. The van der Waals surface area contributed by atoms with Crippen LogP contribution in [-0.4, -0.2) is 357 Å². The molecule has 82 heavy (non-hydrogen) atoms. The molecule has 0 radical (unpaired) electrons. The van der Waals surface area contributed by atoms with Crippen LogP contribution in [0, 0.1) is 0 Å². The van der Waals surface area contributed by atoms with E-state index in [-0.39, 0.29) is 0 Å². The minimum atomic E-state index is -2.20. The lowest BCUT2D eigenvalue weighted by Crippen LogP contribution is -2.70. The SMILES string of the molecule is CC(=O)N[C@H]1[C@H](O[C@H]2[C@@H](O)[C@@H](CO)O[C@@H](O[C@H]3[C@H](O)[C@@H](O)[C@H](O)O[C@@H]3CO)[C@@H]2O)O[C@H](CO)[C@@H](O[C@H]2O[C@@H](C)[C@@H](O)[C@@H](O[C@@H]3O[C@H](CO)[C@H](O)[C@H](O)[C@H]3O[C@H]3O[C@@H](C)[C@@H](O)[C@@H](O)[C@@H]3O[C@H]3O[C@H](CO)[C@H](O)[C@H](O)[C@H]3NC(C)=O)[C@@H]2O)[C@@H]1O. The van der Waals surface area contributed by atoms with Crippen molar-refractivity contribution in [2.24, 2.45) is 0 Å². The molecule has 7 aliphatic rings. The molecule has 7 heterocycles. The standard InChI is InChI=1S/C46H78N2O34/c1-10-21(56)28(63)38(81-41-19(47-12(3)54)26(61)23(58)14(5-49)73-41)45(71-10)82-39-29(64)24(59)15(6-50)75-46(39)80-36-22(57)11(2)70-43(32(36)67)77-34-18(9-53)76-42(20(27(34)62)48-13(4)55)79-37-25(60)16(7-51)74-44(33(37)68)78-35-17(8-52)72-40(69)31(66)30(35)65/h10-11,14-46,49-53,56-69H,5-9H2,1-4H3,(H,47,54)(H,48,55)/t10-,11-,14+,15+,16+,17+,18+,19+,20+,21+,22+,23-,24-,25-,26+,27+,28+,29-,30+,31+,32-,33+,34+,35+,36+,37-,38-,39+,40+,41+,42-,43+,44-,45+,46-/m0/s1. The summed E-state index contributed by atoms with van der Waals surface area (Å²) in [5.41, 5.74) is 0. The number of nitrogens with one attached hydrogen (secondary N) is 2. The normalized spacial score (nSPS) is 51.3. The third kappa shape index (κ3) is 14.1. The van der Waals surface area contributed by atoms with Crippen molar-refractivity contribution in [3.63, 3.8) is 0 Å². The van der Waals surface area contributed by atoms with Gasteiger partial charge in [-0.05, 0) is 13.8 Å². The molecule has 0 aromatic carbocycles. The van der Waals surface area contributed by atoms with Gasteiger partial charge in [0.25, 0.3) is 0 Å². The van der Waals surface area contributed by atoms with Crippen molar-refractivity contribution < 1.29 is 168 Å².